The zero-order valence-electron chi connectivity index (χ0n) is 8.90. The molecule has 0 saturated carbocycles. The Kier molecular flexibility index (Phi) is 2.50. The molecule has 2 rings (SSSR count). The fourth-order valence-electron chi connectivity index (χ4n) is 1.89. The molecule has 0 fully saturated rings. The first-order valence-corrected chi connectivity index (χ1v) is 5.00. The van der Waals surface area contributed by atoms with Gasteiger partial charge in [-0.25, -0.2) is 0 Å². The molecule has 0 aromatic heterocycles. The van der Waals surface area contributed by atoms with E-state index in [2.05, 4.69) is 4.99 Å². The van der Waals surface area contributed by atoms with Gasteiger partial charge in [-0.2, -0.15) is 0 Å². The Hall–Kier alpha value is -1.70. The summed E-state index contributed by atoms with van der Waals surface area (Å²) in [5.74, 6) is -0.0620. The molecule has 1 unspecified atom stereocenters. The second-order valence-corrected chi connectivity index (χ2v) is 3.78. The molecule has 76 valence electrons. The highest BCUT2D eigenvalue weighted by molar-refractivity contribution is 6.15. The SMILES string of the molecule is CC1=NC=CC(=O)C1c1ccccc1C. The fourth-order valence-corrected chi connectivity index (χ4v) is 1.89. The van der Waals surface area contributed by atoms with Crippen LogP contribution >= 0.6 is 0 Å². The van der Waals surface area contributed by atoms with E-state index in [0.29, 0.717) is 0 Å². The molecule has 2 heteroatoms. The van der Waals surface area contributed by atoms with Crippen molar-refractivity contribution >= 4 is 11.5 Å². The lowest BCUT2D eigenvalue weighted by Gasteiger charge is -2.18. The van der Waals surface area contributed by atoms with Gasteiger partial charge in [-0.3, -0.25) is 9.79 Å². The number of carbonyl (C=O) groups is 1. The average Bonchev–Trinajstić information content (AvgIpc) is 2.20. The summed E-state index contributed by atoms with van der Waals surface area (Å²) in [7, 11) is 0. The van der Waals surface area contributed by atoms with Gasteiger partial charge in [0.05, 0.1) is 5.92 Å². The van der Waals surface area contributed by atoms with Crippen LogP contribution in [0.3, 0.4) is 0 Å². The maximum atomic E-state index is 11.8. The number of hydrogen-bond acceptors (Lipinski definition) is 2. The highest BCUT2D eigenvalue weighted by Crippen LogP contribution is 2.24. The molecule has 2 nitrogen and oxygen atoms in total. The largest absolute Gasteiger partial charge is 0.294 e. The van der Waals surface area contributed by atoms with E-state index in [1.807, 2.05) is 38.1 Å². The lowest BCUT2D eigenvalue weighted by atomic mass is 9.87. The molecule has 1 aromatic carbocycles. The van der Waals surface area contributed by atoms with Crippen LogP contribution in [-0.2, 0) is 4.79 Å². The Bertz CT molecular complexity index is 457. The van der Waals surface area contributed by atoms with E-state index in [-0.39, 0.29) is 11.7 Å². The van der Waals surface area contributed by atoms with Crippen molar-refractivity contribution in [3.8, 4) is 0 Å². The van der Waals surface area contributed by atoms with Gasteiger partial charge in [-0.05, 0) is 25.0 Å². The number of carbonyl (C=O) groups excluding carboxylic acids is 1. The van der Waals surface area contributed by atoms with E-state index in [9.17, 15) is 4.79 Å². The van der Waals surface area contributed by atoms with Gasteiger partial charge in [0.25, 0.3) is 0 Å². The minimum atomic E-state index is -0.184. The van der Waals surface area contributed by atoms with Gasteiger partial charge in [0.1, 0.15) is 0 Å². The molecule has 0 bridgehead atoms. The summed E-state index contributed by atoms with van der Waals surface area (Å²) in [5.41, 5.74) is 3.07. The number of benzene rings is 1. The summed E-state index contributed by atoms with van der Waals surface area (Å²) in [5, 5.41) is 0. The summed E-state index contributed by atoms with van der Waals surface area (Å²) in [6.07, 6.45) is 3.12. The Labute approximate surface area is 89.3 Å². The van der Waals surface area contributed by atoms with E-state index >= 15 is 0 Å². The van der Waals surface area contributed by atoms with Gasteiger partial charge >= 0.3 is 0 Å². The molecule has 0 saturated heterocycles. The minimum Gasteiger partial charge on any atom is -0.294 e. The second kappa shape index (κ2) is 3.81. The van der Waals surface area contributed by atoms with Crippen molar-refractivity contribution in [3.05, 3.63) is 47.7 Å². The van der Waals surface area contributed by atoms with Crippen molar-refractivity contribution < 1.29 is 4.79 Å². The Morgan fingerprint density at radius 2 is 1.93 bits per heavy atom. The average molecular weight is 199 g/mol. The summed E-state index contributed by atoms with van der Waals surface area (Å²) in [4.78, 5) is 16.0. The Morgan fingerprint density at radius 1 is 1.20 bits per heavy atom. The molecule has 0 aliphatic carbocycles. The number of aliphatic imine (C=N–C) groups is 1. The van der Waals surface area contributed by atoms with Crippen LogP contribution in [0.25, 0.3) is 0 Å². The Balaban J connectivity index is 2.48. The second-order valence-electron chi connectivity index (χ2n) is 3.78. The zero-order valence-corrected chi connectivity index (χ0v) is 8.90. The van der Waals surface area contributed by atoms with Crippen molar-refractivity contribution in [3.63, 3.8) is 0 Å². The number of ketones is 1. The van der Waals surface area contributed by atoms with Crippen molar-refractivity contribution in [1.82, 2.24) is 0 Å². The molecule has 15 heavy (non-hydrogen) atoms. The molecule has 0 N–H and O–H groups in total. The zero-order chi connectivity index (χ0) is 10.8. The van der Waals surface area contributed by atoms with Crippen LogP contribution in [0.1, 0.15) is 24.0 Å². The van der Waals surface area contributed by atoms with Gasteiger partial charge in [0.15, 0.2) is 5.78 Å². The number of rotatable bonds is 1. The molecule has 1 aliphatic heterocycles. The first kappa shape index (κ1) is 9.84. The number of aryl methyl sites for hydroxylation is 1. The predicted octanol–water partition coefficient (Wildman–Crippen LogP) is 2.64. The van der Waals surface area contributed by atoms with Crippen molar-refractivity contribution in [2.75, 3.05) is 0 Å². The molecule has 1 aliphatic rings. The molecule has 0 spiro atoms. The number of nitrogens with zero attached hydrogens (tertiary/aromatic N) is 1. The standard InChI is InChI=1S/C13H13NO/c1-9-5-3-4-6-11(9)13-10(2)14-8-7-12(13)15/h3-8,13H,1-2H3. The van der Waals surface area contributed by atoms with Crippen LogP contribution in [0.2, 0.25) is 0 Å². The topological polar surface area (TPSA) is 29.4 Å². The molecule has 0 amide bonds. The van der Waals surface area contributed by atoms with Gasteiger partial charge in [-0.15, -0.1) is 0 Å². The molecule has 1 atom stereocenters. The summed E-state index contributed by atoms with van der Waals surface area (Å²) in [6, 6.07) is 7.96. The molecular weight excluding hydrogens is 186 g/mol. The monoisotopic (exact) mass is 199 g/mol. The highest BCUT2D eigenvalue weighted by atomic mass is 16.1. The maximum absolute atomic E-state index is 11.8. The normalized spacial score (nSPS) is 20.3. The first-order valence-electron chi connectivity index (χ1n) is 5.00. The van der Waals surface area contributed by atoms with Crippen molar-refractivity contribution in [2.24, 2.45) is 4.99 Å². The van der Waals surface area contributed by atoms with Gasteiger partial charge in [-0.1, -0.05) is 24.3 Å². The Morgan fingerprint density at radius 3 is 2.60 bits per heavy atom. The lowest BCUT2D eigenvalue weighted by Crippen LogP contribution is -2.21. The minimum absolute atomic E-state index is 0.122. The van der Waals surface area contributed by atoms with Crippen LogP contribution in [0, 0.1) is 6.92 Å². The van der Waals surface area contributed by atoms with Crippen LogP contribution in [-0.4, -0.2) is 11.5 Å². The van der Waals surface area contributed by atoms with E-state index in [4.69, 9.17) is 0 Å². The smallest absolute Gasteiger partial charge is 0.170 e. The van der Waals surface area contributed by atoms with E-state index in [0.717, 1.165) is 16.8 Å². The molecule has 0 radical (unpaired) electrons. The van der Waals surface area contributed by atoms with Crippen LogP contribution < -0.4 is 0 Å². The summed E-state index contributed by atoms with van der Waals surface area (Å²) < 4.78 is 0. The third-order valence-electron chi connectivity index (χ3n) is 2.72. The summed E-state index contributed by atoms with van der Waals surface area (Å²) in [6.45, 7) is 3.92. The van der Waals surface area contributed by atoms with Crippen molar-refractivity contribution in [2.45, 2.75) is 19.8 Å². The van der Waals surface area contributed by atoms with E-state index in [1.54, 1.807) is 12.3 Å². The van der Waals surface area contributed by atoms with Gasteiger partial charge in [0.2, 0.25) is 0 Å². The van der Waals surface area contributed by atoms with Gasteiger partial charge in [0, 0.05) is 18.0 Å². The molecular formula is C13H13NO. The molecule has 1 heterocycles. The summed E-state index contributed by atoms with van der Waals surface area (Å²) >= 11 is 0. The van der Waals surface area contributed by atoms with E-state index < -0.39 is 0 Å². The molecule has 1 aromatic rings. The number of hydrogen-bond donors (Lipinski definition) is 0. The lowest BCUT2D eigenvalue weighted by molar-refractivity contribution is -0.114. The third-order valence-corrected chi connectivity index (χ3v) is 2.72. The van der Waals surface area contributed by atoms with Gasteiger partial charge < -0.3 is 0 Å². The first-order chi connectivity index (χ1) is 7.20. The van der Waals surface area contributed by atoms with Crippen LogP contribution in [0.5, 0.6) is 0 Å². The number of allylic oxidation sites excluding steroid dienone is 1. The third kappa shape index (κ3) is 1.75. The highest BCUT2D eigenvalue weighted by Gasteiger charge is 2.24. The quantitative estimate of drug-likeness (QED) is 0.683. The fraction of sp³-hybridized carbons (Fsp3) is 0.231. The predicted molar refractivity (Wildman–Crippen MR) is 61.2 cm³/mol. The van der Waals surface area contributed by atoms with Crippen LogP contribution in [0.4, 0.5) is 0 Å². The van der Waals surface area contributed by atoms with E-state index in [1.165, 1.54) is 0 Å². The van der Waals surface area contributed by atoms with Crippen molar-refractivity contribution in [1.29, 1.82) is 0 Å². The van der Waals surface area contributed by atoms with Crippen LogP contribution in [0.15, 0.2) is 41.5 Å². The maximum Gasteiger partial charge on any atom is 0.170 e.